The Bertz CT molecular complexity index is 599. The van der Waals surface area contributed by atoms with Crippen LogP contribution in [0.3, 0.4) is 0 Å². The second-order valence-electron chi connectivity index (χ2n) is 5.64. The SMILES string of the molecule is CCCn1nc(C)c(-c2ccccc2C(C)NCC)c1C. The van der Waals surface area contributed by atoms with Crippen LogP contribution in [0.4, 0.5) is 0 Å². The molecule has 0 bridgehead atoms. The fraction of sp³-hybridized carbons (Fsp3) is 0.500. The van der Waals surface area contributed by atoms with Crippen molar-refractivity contribution in [3.63, 3.8) is 0 Å². The molecule has 1 heterocycles. The molecule has 0 aliphatic rings. The number of aryl methyl sites for hydroxylation is 2. The maximum Gasteiger partial charge on any atom is 0.0675 e. The minimum absolute atomic E-state index is 0.347. The Morgan fingerprint density at radius 3 is 2.57 bits per heavy atom. The first-order valence-electron chi connectivity index (χ1n) is 7.96. The summed E-state index contributed by atoms with van der Waals surface area (Å²) in [5.74, 6) is 0. The van der Waals surface area contributed by atoms with Gasteiger partial charge in [-0.2, -0.15) is 5.10 Å². The normalized spacial score (nSPS) is 12.6. The van der Waals surface area contributed by atoms with Gasteiger partial charge in [-0.15, -0.1) is 0 Å². The molecule has 2 aromatic rings. The van der Waals surface area contributed by atoms with Crippen molar-refractivity contribution in [1.82, 2.24) is 15.1 Å². The Kier molecular flexibility index (Phi) is 5.18. The van der Waals surface area contributed by atoms with Gasteiger partial charge in [0.25, 0.3) is 0 Å². The van der Waals surface area contributed by atoms with E-state index in [0.717, 1.165) is 25.2 Å². The van der Waals surface area contributed by atoms with Crippen LogP contribution in [0.25, 0.3) is 11.1 Å². The van der Waals surface area contributed by atoms with Crippen LogP contribution in [-0.2, 0) is 6.54 Å². The number of rotatable bonds is 6. The van der Waals surface area contributed by atoms with Crippen LogP contribution in [0.2, 0.25) is 0 Å². The Morgan fingerprint density at radius 1 is 1.19 bits per heavy atom. The molecule has 2 rings (SSSR count). The van der Waals surface area contributed by atoms with Crippen molar-refractivity contribution in [3.8, 4) is 11.1 Å². The van der Waals surface area contributed by atoms with E-state index < -0.39 is 0 Å². The molecule has 1 aromatic carbocycles. The van der Waals surface area contributed by atoms with Crippen molar-refractivity contribution in [2.45, 2.75) is 53.6 Å². The number of hydrogen-bond acceptors (Lipinski definition) is 2. The van der Waals surface area contributed by atoms with Gasteiger partial charge in [0.1, 0.15) is 0 Å². The van der Waals surface area contributed by atoms with Crippen LogP contribution in [0, 0.1) is 13.8 Å². The van der Waals surface area contributed by atoms with E-state index in [-0.39, 0.29) is 0 Å². The molecule has 0 amide bonds. The number of aromatic nitrogens is 2. The first-order chi connectivity index (χ1) is 10.1. The molecule has 3 heteroatoms. The summed E-state index contributed by atoms with van der Waals surface area (Å²) in [6.45, 7) is 12.8. The van der Waals surface area contributed by atoms with Crippen LogP contribution in [0.15, 0.2) is 24.3 Å². The van der Waals surface area contributed by atoms with Crippen LogP contribution in [0.5, 0.6) is 0 Å². The third kappa shape index (κ3) is 3.18. The molecule has 0 saturated heterocycles. The van der Waals surface area contributed by atoms with Gasteiger partial charge in [-0.3, -0.25) is 4.68 Å². The van der Waals surface area contributed by atoms with Crippen molar-refractivity contribution >= 4 is 0 Å². The molecule has 0 radical (unpaired) electrons. The van der Waals surface area contributed by atoms with Crippen molar-refractivity contribution in [1.29, 1.82) is 0 Å². The lowest BCUT2D eigenvalue weighted by molar-refractivity contribution is 0.583. The highest BCUT2D eigenvalue weighted by Gasteiger charge is 2.18. The minimum Gasteiger partial charge on any atom is -0.310 e. The molecule has 1 N–H and O–H groups in total. The summed E-state index contributed by atoms with van der Waals surface area (Å²) in [6, 6.07) is 9.02. The van der Waals surface area contributed by atoms with E-state index in [4.69, 9.17) is 5.10 Å². The molecular formula is C18H27N3. The molecule has 21 heavy (non-hydrogen) atoms. The molecule has 0 saturated carbocycles. The number of nitrogens with zero attached hydrogens (tertiary/aromatic N) is 2. The van der Waals surface area contributed by atoms with E-state index in [1.165, 1.54) is 22.4 Å². The summed E-state index contributed by atoms with van der Waals surface area (Å²) >= 11 is 0. The van der Waals surface area contributed by atoms with Gasteiger partial charge in [0.05, 0.1) is 5.69 Å². The van der Waals surface area contributed by atoms with E-state index >= 15 is 0 Å². The predicted octanol–water partition coefficient (Wildman–Crippen LogP) is 4.25. The second-order valence-corrected chi connectivity index (χ2v) is 5.64. The fourth-order valence-electron chi connectivity index (χ4n) is 3.03. The van der Waals surface area contributed by atoms with E-state index in [2.05, 4.69) is 68.9 Å². The van der Waals surface area contributed by atoms with Crippen molar-refractivity contribution in [3.05, 3.63) is 41.2 Å². The maximum atomic E-state index is 4.72. The Morgan fingerprint density at radius 2 is 1.90 bits per heavy atom. The summed E-state index contributed by atoms with van der Waals surface area (Å²) in [5.41, 5.74) is 6.34. The van der Waals surface area contributed by atoms with E-state index in [0.29, 0.717) is 6.04 Å². The molecule has 3 nitrogen and oxygen atoms in total. The van der Waals surface area contributed by atoms with Gasteiger partial charge in [-0.1, -0.05) is 38.1 Å². The third-order valence-corrected chi connectivity index (χ3v) is 4.02. The quantitative estimate of drug-likeness (QED) is 0.860. The Balaban J connectivity index is 2.52. The molecular weight excluding hydrogens is 258 g/mol. The number of hydrogen-bond donors (Lipinski definition) is 1. The third-order valence-electron chi connectivity index (χ3n) is 4.02. The summed E-state index contributed by atoms with van der Waals surface area (Å²) in [6.07, 6.45) is 1.11. The second kappa shape index (κ2) is 6.90. The summed E-state index contributed by atoms with van der Waals surface area (Å²) in [4.78, 5) is 0. The summed E-state index contributed by atoms with van der Waals surface area (Å²) in [5, 5.41) is 8.23. The average Bonchev–Trinajstić information content (AvgIpc) is 2.74. The lowest BCUT2D eigenvalue weighted by Gasteiger charge is -2.17. The largest absolute Gasteiger partial charge is 0.310 e. The number of benzene rings is 1. The van der Waals surface area contributed by atoms with Gasteiger partial charge < -0.3 is 5.32 Å². The van der Waals surface area contributed by atoms with E-state index in [1.807, 2.05) is 0 Å². The highest BCUT2D eigenvalue weighted by molar-refractivity contribution is 5.72. The standard InChI is InChI=1S/C18H27N3/c1-6-12-21-15(5)18(14(4)20-21)17-11-9-8-10-16(17)13(3)19-7-2/h8-11,13,19H,6-7,12H2,1-5H3. The fourth-order valence-corrected chi connectivity index (χ4v) is 3.03. The molecule has 0 fully saturated rings. The zero-order valence-electron chi connectivity index (χ0n) is 13.9. The maximum absolute atomic E-state index is 4.72. The van der Waals surface area contributed by atoms with Crippen LogP contribution < -0.4 is 5.32 Å². The van der Waals surface area contributed by atoms with Gasteiger partial charge in [0.2, 0.25) is 0 Å². The number of nitrogens with one attached hydrogen (secondary N) is 1. The monoisotopic (exact) mass is 285 g/mol. The van der Waals surface area contributed by atoms with Gasteiger partial charge in [-0.25, -0.2) is 0 Å². The molecule has 1 atom stereocenters. The van der Waals surface area contributed by atoms with Crippen molar-refractivity contribution < 1.29 is 0 Å². The highest BCUT2D eigenvalue weighted by Crippen LogP contribution is 2.32. The topological polar surface area (TPSA) is 29.9 Å². The van der Waals surface area contributed by atoms with E-state index in [1.54, 1.807) is 0 Å². The van der Waals surface area contributed by atoms with Crippen LogP contribution in [-0.4, -0.2) is 16.3 Å². The molecule has 1 aromatic heterocycles. The minimum atomic E-state index is 0.347. The zero-order valence-corrected chi connectivity index (χ0v) is 13.9. The highest BCUT2D eigenvalue weighted by atomic mass is 15.3. The lowest BCUT2D eigenvalue weighted by atomic mass is 9.94. The molecule has 0 aliphatic carbocycles. The first kappa shape index (κ1) is 15.8. The Labute approximate surface area is 128 Å². The molecule has 1 unspecified atom stereocenters. The van der Waals surface area contributed by atoms with Crippen LogP contribution in [0.1, 0.15) is 50.2 Å². The summed E-state index contributed by atoms with van der Waals surface area (Å²) < 4.78 is 2.14. The Hall–Kier alpha value is -1.61. The lowest BCUT2D eigenvalue weighted by Crippen LogP contribution is -2.18. The molecule has 0 spiro atoms. The first-order valence-corrected chi connectivity index (χ1v) is 7.96. The smallest absolute Gasteiger partial charge is 0.0675 e. The van der Waals surface area contributed by atoms with E-state index in [9.17, 15) is 0 Å². The van der Waals surface area contributed by atoms with Crippen molar-refractivity contribution in [2.24, 2.45) is 0 Å². The van der Waals surface area contributed by atoms with Crippen LogP contribution >= 0.6 is 0 Å². The van der Waals surface area contributed by atoms with Crippen molar-refractivity contribution in [2.75, 3.05) is 6.54 Å². The van der Waals surface area contributed by atoms with Gasteiger partial charge in [0.15, 0.2) is 0 Å². The zero-order chi connectivity index (χ0) is 15.4. The van der Waals surface area contributed by atoms with Gasteiger partial charge in [0, 0.05) is 23.8 Å². The predicted molar refractivity (Wildman–Crippen MR) is 89.5 cm³/mol. The summed E-state index contributed by atoms with van der Waals surface area (Å²) in [7, 11) is 0. The van der Waals surface area contributed by atoms with Gasteiger partial charge >= 0.3 is 0 Å². The molecule has 0 aliphatic heterocycles. The molecule has 114 valence electrons. The average molecular weight is 285 g/mol. The van der Waals surface area contributed by atoms with Gasteiger partial charge in [-0.05, 0) is 44.9 Å².